The average Bonchev–Trinajstić information content (AvgIpc) is 3.35. The van der Waals surface area contributed by atoms with Crippen molar-refractivity contribution in [3.63, 3.8) is 0 Å². The zero-order valence-electron chi connectivity index (χ0n) is 16.7. The van der Waals surface area contributed by atoms with Crippen LogP contribution >= 0.6 is 11.3 Å². The number of aromatic nitrogens is 1. The van der Waals surface area contributed by atoms with Crippen LogP contribution in [0.25, 0.3) is 0 Å². The lowest BCUT2D eigenvalue weighted by Gasteiger charge is -2.15. The Morgan fingerprint density at radius 2 is 1.90 bits per heavy atom. The Labute approximate surface area is 175 Å². The highest BCUT2D eigenvalue weighted by molar-refractivity contribution is 7.92. The van der Waals surface area contributed by atoms with Gasteiger partial charge in [-0.3, -0.25) is 9.59 Å². The molecule has 0 aliphatic heterocycles. The second-order valence-electron chi connectivity index (χ2n) is 7.54. The molecule has 0 unspecified atom stereocenters. The fourth-order valence-electron chi connectivity index (χ4n) is 3.66. The third-order valence-electron chi connectivity index (χ3n) is 5.23. The highest BCUT2D eigenvalue weighted by atomic mass is 32.2. The quantitative estimate of drug-likeness (QED) is 0.690. The number of rotatable bonds is 8. The molecule has 1 heterocycles. The molecule has 3 rings (SSSR count). The first kappa shape index (κ1) is 21.6. The van der Waals surface area contributed by atoms with Gasteiger partial charge in [0, 0.05) is 18.8 Å². The molecule has 8 heteroatoms. The van der Waals surface area contributed by atoms with Crippen molar-refractivity contribution >= 4 is 32.9 Å². The van der Waals surface area contributed by atoms with Crippen LogP contribution in [0.5, 0.6) is 0 Å². The maximum Gasteiger partial charge on any atom is 0.225 e. The van der Waals surface area contributed by atoms with Crippen LogP contribution in [0.15, 0.2) is 28.5 Å². The standard InChI is InChI=1S/C21H26N2O4S2/c1-14-7-8-15(19(9-14)29(26,27)18-5-3-4-6-18)10-17(24)12-21-23-16(13-28-21)11-20(25)22-2/h7-9,13,18H,3-6,10-12H2,1-2H3,(H,22,25). The minimum absolute atomic E-state index is 0.0614. The highest BCUT2D eigenvalue weighted by Gasteiger charge is 2.32. The van der Waals surface area contributed by atoms with Gasteiger partial charge in [-0.15, -0.1) is 11.3 Å². The number of benzene rings is 1. The van der Waals surface area contributed by atoms with Crippen LogP contribution in [0, 0.1) is 6.92 Å². The Morgan fingerprint density at radius 3 is 2.59 bits per heavy atom. The number of aryl methyl sites for hydroxylation is 1. The molecule has 1 saturated carbocycles. The Morgan fingerprint density at radius 1 is 1.17 bits per heavy atom. The van der Waals surface area contributed by atoms with Crippen molar-refractivity contribution in [3.8, 4) is 0 Å². The number of carbonyl (C=O) groups is 2. The number of hydrogen-bond acceptors (Lipinski definition) is 6. The van der Waals surface area contributed by atoms with E-state index in [1.165, 1.54) is 11.3 Å². The van der Waals surface area contributed by atoms with Crippen molar-refractivity contribution in [2.45, 2.75) is 62.0 Å². The molecule has 1 aromatic carbocycles. The summed E-state index contributed by atoms with van der Waals surface area (Å²) in [5.41, 5.74) is 2.07. The molecule has 1 aliphatic rings. The molecule has 0 spiro atoms. The number of likely N-dealkylation sites (N-methyl/N-ethyl adjacent to an activating group) is 1. The van der Waals surface area contributed by atoms with Crippen LogP contribution in [0.2, 0.25) is 0 Å². The number of ketones is 1. The molecule has 29 heavy (non-hydrogen) atoms. The number of nitrogens with zero attached hydrogens (tertiary/aromatic N) is 1. The largest absolute Gasteiger partial charge is 0.359 e. The molecular weight excluding hydrogens is 408 g/mol. The van der Waals surface area contributed by atoms with Crippen molar-refractivity contribution < 1.29 is 18.0 Å². The summed E-state index contributed by atoms with van der Waals surface area (Å²) in [5, 5.41) is 4.62. The third-order valence-corrected chi connectivity index (χ3v) is 8.47. The molecule has 2 aromatic rings. The van der Waals surface area contributed by atoms with Gasteiger partial charge >= 0.3 is 0 Å². The van der Waals surface area contributed by atoms with Gasteiger partial charge in [-0.2, -0.15) is 0 Å². The molecule has 1 fully saturated rings. The van der Waals surface area contributed by atoms with Gasteiger partial charge in [0.2, 0.25) is 5.91 Å². The smallest absolute Gasteiger partial charge is 0.225 e. The molecule has 1 aromatic heterocycles. The topological polar surface area (TPSA) is 93.2 Å². The lowest BCUT2D eigenvalue weighted by molar-refractivity contribution is -0.120. The summed E-state index contributed by atoms with van der Waals surface area (Å²) < 4.78 is 26.2. The fourth-order valence-corrected chi connectivity index (χ4v) is 6.65. The SMILES string of the molecule is CNC(=O)Cc1csc(CC(=O)Cc2ccc(C)cc2S(=O)(=O)C2CCCC2)n1. The molecule has 0 bridgehead atoms. The van der Waals surface area contributed by atoms with Crippen LogP contribution in [-0.4, -0.2) is 37.4 Å². The van der Waals surface area contributed by atoms with Gasteiger partial charge in [0.1, 0.15) is 10.8 Å². The zero-order valence-corrected chi connectivity index (χ0v) is 18.4. The van der Waals surface area contributed by atoms with Crippen molar-refractivity contribution in [1.29, 1.82) is 0 Å². The first-order chi connectivity index (χ1) is 13.8. The summed E-state index contributed by atoms with van der Waals surface area (Å²) in [4.78, 5) is 28.7. The maximum atomic E-state index is 13.1. The number of carbonyl (C=O) groups excluding carboxylic acids is 2. The van der Waals surface area contributed by atoms with Crippen LogP contribution in [-0.2, 0) is 38.7 Å². The van der Waals surface area contributed by atoms with Crippen molar-refractivity contribution in [2.24, 2.45) is 0 Å². The maximum absolute atomic E-state index is 13.1. The van der Waals surface area contributed by atoms with Gasteiger partial charge in [0.05, 0.1) is 28.7 Å². The summed E-state index contributed by atoms with van der Waals surface area (Å²) in [6, 6.07) is 5.30. The number of thiazole rings is 1. The lowest BCUT2D eigenvalue weighted by atomic mass is 10.1. The van der Waals surface area contributed by atoms with Gasteiger partial charge in [-0.25, -0.2) is 13.4 Å². The first-order valence-corrected chi connectivity index (χ1v) is 12.2. The van der Waals surface area contributed by atoms with Crippen molar-refractivity contribution in [2.75, 3.05) is 7.05 Å². The van der Waals surface area contributed by atoms with Gasteiger partial charge in [-0.1, -0.05) is 25.0 Å². The molecule has 0 atom stereocenters. The van der Waals surface area contributed by atoms with Crippen molar-refractivity contribution in [3.05, 3.63) is 45.4 Å². The van der Waals surface area contributed by atoms with E-state index in [0.29, 0.717) is 34.0 Å². The Kier molecular flexibility index (Phi) is 6.85. The molecule has 1 aliphatic carbocycles. The monoisotopic (exact) mass is 434 g/mol. The summed E-state index contributed by atoms with van der Waals surface area (Å²) in [5.74, 6) is -0.216. The molecule has 156 valence electrons. The number of nitrogens with one attached hydrogen (secondary N) is 1. The number of sulfone groups is 1. The first-order valence-electron chi connectivity index (χ1n) is 9.78. The summed E-state index contributed by atoms with van der Waals surface area (Å²) in [7, 11) is -1.86. The number of amides is 1. The fraction of sp³-hybridized carbons (Fsp3) is 0.476. The van der Waals surface area contributed by atoms with Crippen LogP contribution in [0.4, 0.5) is 0 Å². The minimum atomic E-state index is -3.43. The van der Waals surface area contributed by atoms with Crippen LogP contribution in [0.3, 0.4) is 0 Å². The van der Waals surface area contributed by atoms with E-state index in [1.807, 2.05) is 13.0 Å². The second-order valence-corrected chi connectivity index (χ2v) is 10.7. The summed E-state index contributed by atoms with van der Waals surface area (Å²) >= 11 is 1.34. The predicted molar refractivity (Wildman–Crippen MR) is 113 cm³/mol. The Balaban J connectivity index is 1.75. The highest BCUT2D eigenvalue weighted by Crippen LogP contribution is 2.32. The Hall–Kier alpha value is -2.06. The molecule has 6 nitrogen and oxygen atoms in total. The molecule has 0 radical (unpaired) electrons. The van der Waals surface area contributed by atoms with E-state index in [0.717, 1.165) is 18.4 Å². The Bertz CT molecular complexity index is 1010. The predicted octanol–water partition coefficient (Wildman–Crippen LogP) is 2.81. The van der Waals surface area contributed by atoms with E-state index in [-0.39, 0.29) is 36.2 Å². The number of hydrogen-bond donors (Lipinski definition) is 1. The lowest BCUT2D eigenvalue weighted by Crippen LogP contribution is -2.21. The zero-order chi connectivity index (χ0) is 21.0. The van der Waals surface area contributed by atoms with E-state index in [9.17, 15) is 18.0 Å². The molecule has 1 N–H and O–H groups in total. The van der Waals surface area contributed by atoms with Crippen LogP contribution < -0.4 is 5.32 Å². The minimum Gasteiger partial charge on any atom is -0.359 e. The van der Waals surface area contributed by atoms with Gasteiger partial charge in [-0.05, 0) is 37.0 Å². The summed E-state index contributed by atoms with van der Waals surface area (Å²) in [6.07, 6.45) is 3.64. The average molecular weight is 435 g/mol. The summed E-state index contributed by atoms with van der Waals surface area (Å²) in [6.45, 7) is 1.86. The van der Waals surface area contributed by atoms with Gasteiger partial charge < -0.3 is 5.32 Å². The number of Topliss-reactive ketones (excluding diaryl/α,β-unsaturated/α-hetero) is 1. The van der Waals surface area contributed by atoms with Crippen LogP contribution in [0.1, 0.15) is 47.5 Å². The molecule has 1 amide bonds. The van der Waals surface area contributed by atoms with Gasteiger partial charge in [0.25, 0.3) is 0 Å². The van der Waals surface area contributed by atoms with Crippen molar-refractivity contribution in [1.82, 2.24) is 10.3 Å². The molecular formula is C21H26N2O4S2. The van der Waals surface area contributed by atoms with E-state index in [2.05, 4.69) is 10.3 Å². The van der Waals surface area contributed by atoms with E-state index in [1.54, 1.807) is 24.6 Å². The normalized spacial score (nSPS) is 14.8. The second kappa shape index (κ2) is 9.17. The third kappa shape index (κ3) is 5.30. The van der Waals surface area contributed by atoms with Gasteiger partial charge in [0.15, 0.2) is 9.84 Å². The van der Waals surface area contributed by atoms with E-state index < -0.39 is 9.84 Å². The molecule has 0 saturated heterocycles. The van der Waals surface area contributed by atoms with E-state index >= 15 is 0 Å². The van der Waals surface area contributed by atoms with E-state index in [4.69, 9.17) is 0 Å².